The quantitative estimate of drug-likeness (QED) is 0.0261. The van der Waals surface area contributed by atoms with Gasteiger partial charge >= 0.3 is 17.9 Å². The number of ether oxygens (including phenoxy) is 3. The standard InChI is InChI=1S/C71H116O6/c1-4-7-10-13-16-19-22-25-27-28-29-30-31-32-33-34-35-36-37-38-39-40-41-42-43-44-45-47-49-52-55-58-61-64-70(73)76-67-68(66-75-69(72)63-60-57-54-51-48-24-21-18-15-12-9-6-3)77-71(74)65-62-59-56-53-50-46-26-23-20-17-14-11-8-5-2/h7,10,14,16-19,21,23,25-27,29-30,32-33,35-36,38-39,41-42,68H,4-6,8-9,11-13,15,20,22,24,28,31,34,37,40,43-67H2,1-3H3/b10-7-,17-14-,19-16-,21-18-,26-23-,27-25-,30-29-,33-32-,36-35-,39-38-,42-41-. The largest absolute Gasteiger partial charge is 0.462 e. The van der Waals surface area contributed by atoms with Crippen molar-refractivity contribution in [2.45, 2.75) is 284 Å². The Morgan fingerprint density at radius 2 is 0.519 bits per heavy atom. The lowest BCUT2D eigenvalue weighted by atomic mass is 10.1. The average molecular weight is 1070 g/mol. The van der Waals surface area contributed by atoms with E-state index in [1.807, 2.05) is 0 Å². The second-order valence-electron chi connectivity index (χ2n) is 20.6. The highest BCUT2D eigenvalue weighted by atomic mass is 16.6. The van der Waals surface area contributed by atoms with E-state index in [0.717, 1.165) is 154 Å². The maximum absolute atomic E-state index is 12.8. The van der Waals surface area contributed by atoms with Crippen LogP contribution in [-0.2, 0) is 28.6 Å². The van der Waals surface area contributed by atoms with Crippen LogP contribution < -0.4 is 0 Å². The lowest BCUT2D eigenvalue weighted by Gasteiger charge is -2.18. The van der Waals surface area contributed by atoms with E-state index in [1.165, 1.54) is 83.5 Å². The summed E-state index contributed by atoms with van der Waals surface area (Å²) in [5.74, 6) is -0.924. The molecule has 6 nitrogen and oxygen atoms in total. The molecule has 0 spiro atoms. The summed E-state index contributed by atoms with van der Waals surface area (Å²) in [7, 11) is 0. The summed E-state index contributed by atoms with van der Waals surface area (Å²) in [4.78, 5) is 38.2. The van der Waals surface area contributed by atoms with Crippen molar-refractivity contribution < 1.29 is 28.6 Å². The number of allylic oxidation sites excluding steroid dienone is 22. The van der Waals surface area contributed by atoms with E-state index < -0.39 is 6.10 Å². The molecule has 0 saturated carbocycles. The van der Waals surface area contributed by atoms with E-state index in [9.17, 15) is 14.4 Å². The van der Waals surface area contributed by atoms with Gasteiger partial charge in [-0.1, -0.05) is 257 Å². The third-order valence-electron chi connectivity index (χ3n) is 13.1. The number of unbranched alkanes of at least 4 members (excludes halogenated alkanes) is 23. The van der Waals surface area contributed by atoms with E-state index in [2.05, 4.69) is 154 Å². The molecule has 0 amide bonds. The third-order valence-corrected chi connectivity index (χ3v) is 13.1. The van der Waals surface area contributed by atoms with Crippen molar-refractivity contribution in [3.63, 3.8) is 0 Å². The first-order chi connectivity index (χ1) is 38.0. The van der Waals surface area contributed by atoms with Crippen molar-refractivity contribution >= 4 is 17.9 Å². The van der Waals surface area contributed by atoms with E-state index >= 15 is 0 Å². The number of hydrogen-bond acceptors (Lipinski definition) is 6. The fourth-order valence-corrected chi connectivity index (χ4v) is 8.35. The van der Waals surface area contributed by atoms with Crippen LogP contribution >= 0.6 is 0 Å². The Kier molecular flexibility index (Phi) is 60.4. The number of hydrogen-bond donors (Lipinski definition) is 0. The molecule has 0 aromatic rings. The minimum Gasteiger partial charge on any atom is -0.462 e. The van der Waals surface area contributed by atoms with E-state index in [1.54, 1.807) is 0 Å². The highest BCUT2D eigenvalue weighted by Gasteiger charge is 2.19. The molecule has 0 heterocycles. The zero-order chi connectivity index (χ0) is 55.7. The number of rotatable bonds is 56. The van der Waals surface area contributed by atoms with Gasteiger partial charge in [-0.05, 0) is 135 Å². The fraction of sp³-hybridized carbons (Fsp3) is 0.648. The Hall–Kier alpha value is -4.45. The normalized spacial score (nSPS) is 13.0. The van der Waals surface area contributed by atoms with Crippen LogP contribution in [0.25, 0.3) is 0 Å². The summed E-state index contributed by atoms with van der Waals surface area (Å²) in [6.07, 6.45) is 90.3. The molecular formula is C71H116O6. The molecule has 436 valence electrons. The van der Waals surface area contributed by atoms with Gasteiger partial charge in [-0.2, -0.15) is 0 Å². The van der Waals surface area contributed by atoms with Crippen LogP contribution in [0.1, 0.15) is 278 Å². The van der Waals surface area contributed by atoms with E-state index in [4.69, 9.17) is 14.2 Å². The van der Waals surface area contributed by atoms with Gasteiger partial charge < -0.3 is 14.2 Å². The Morgan fingerprint density at radius 1 is 0.273 bits per heavy atom. The minimum absolute atomic E-state index is 0.0928. The molecule has 1 atom stereocenters. The van der Waals surface area contributed by atoms with Crippen LogP contribution in [0.4, 0.5) is 0 Å². The van der Waals surface area contributed by atoms with Crippen molar-refractivity contribution in [2.75, 3.05) is 13.2 Å². The lowest BCUT2D eigenvalue weighted by Crippen LogP contribution is -2.30. The summed E-state index contributed by atoms with van der Waals surface area (Å²) in [6, 6.07) is 0. The molecule has 0 bridgehead atoms. The van der Waals surface area contributed by atoms with Gasteiger partial charge in [0.1, 0.15) is 13.2 Å². The molecular weight excluding hydrogens is 949 g/mol. The van der Waals surface area contributed by atoms with Gasteiger partial charge in [0.25, 0.3) is 0 Å². The van der Waals surface area contributed by atoms with Gasteiger partial charge in [0.05, 0.1) is 0 Å². The van der Waals surface area contributed by atoms with Crippen LogP contribution in [0.5, 0.6) is 0 Å². The zero-order valence-electron chi connectivity index (χ0n) is 49.9. The minimum atomic E-state index is -0.796. The Bertz CT molecular complexity index is 1650. The van der Waals surface area contributed by atoms with Crippen molar-refractivity contribution in [3.05, 3.63) is 134 Å². The van der Waals surface area contributed by atoms with Crippen LogP contribution in [0.15, 0.2) is 134 Å². The van der Waals surface area contributed by atoms with Crippen LogP contribution in [-0.4, -0.2) is 37.2 Å². The number of carbonyl (C=O) groups is 3. The Balaban J connectivity index is 4.26. The monoisotopic (exact) mass is 1060 g/mol. The van der Waals surface area contributed by atoms with Gasteiger partial charge in [-0.3, -0.25) is 14.4 Å². The number of carbonyl (C=O) groups excluding carboxylic acids is 3. The molecule has 1 unspecified atom stereocenters. The molecule has 0 N–H and O–H groups in total. The topological polar surface area (TPSA) is 78.9 Å². The highest BCUT2D eigenvalue weighted by Crippen LogP contribution is 2.14. The first-order valence-corrected chi connectivity index (χ1v) is 31.7. The van der Waals surface area contributed by atoms with Gasteiger partial charge in [-0.25, -0.2) is 0 Å². The highest BCUT2D eigenvalue weighted by molar-refractivity contribution is 5.71. The van der Waals surface area contributed by atoms with Gasteiger partial charge in [-0.15, -0.1) is 0 Å². The van der Waals surface area contributed by atoms with Crippen LogP contribution in [0.2, 0.25) is 0 Å². The molecule has 0 fully saturated rings. The summed E-state index contributed by atoms with van der Waals surface area (Å²) in [5.41, 5.74) is 0. The third kappa shape index (κ3) is 62.3. The van der Waals surface area contributed by atoms with E-state index in [-0.39, 0.29) is 31.1 Å². The Labute approximate surface area is 475 Å². The second kappa shape index (κ2) is 64.1. The predicted molar refractivity (Wildman–Crippen MR) is 334 cm³/mol. The molecule has 0 aliphatic carbocycles. The maximum Gasteiger partial charge on any atom is 0.306 e. The molecule has 0 rings (SSSR count). The Morgan fingerprint density at radius 3 is 0.844 bits per heavy atom. The summed E-state index contributed by atoms with van der Waals surface area (Å²) < 4.78 is 16.9. The predicted octanol–water partition coefficient (Wildman–Crippen LogP) is 21.8. The SMILES string of the molecule is CC/C=C\C/C=C\C/C=C\C/C=C\C/C=C\C/C=C\C/C=C\C/C=C\CCCCCCCCCCC(=O)OCC(COC(=O)CCCCCCC/C=C\CCCCC)OC(=O)CCCCCCC/C=C\C/C=C\CCCC. The molecule has 77 heavy (non-hydrogen) atoms. The molecule has 0 aliphatic heterocycles. The number of esters is 3. The first kappa shape index (κ1) is 72.5. The molecule has 0 radical (unpaired) electrons. The van der Waals surface area contributed by atoms with Gasteiger partial charge in [0.2, 0.25) is 0 Å². The van der Waals surface area contributed by atoms with Crippen LogP contribution in [0, 0.1) is 0 Å². The smallest absolute Gasteiger partial charge is 0.306 e. The maximum atomic E-state index is 12.8. The van der Waals surface area contributed by atoms with Gasteiger partial charge in [0.15, 0.2) is 6.10 Å². The van der Waals surface area contributed by atoms with Gasteiger partial charge in [0, 0.05) is 19.3 Å². The summed E-state index contributed by atoms with van der Waals surface area (Å²) in [6.45, 7) is 6.43. The van der Waals surface area contributed by atoms with Crippen LogP contribution in [0.3, 0.4) is 0 Å². The summed E-state index contributed by atoms with van der Waals surface area (Å²) in [5, 5.41) is 0. The van der Waals surface area contributed by atoms with Crippen molar-refractivity contribution in [1.82, 2.24) is 0 Å². The first-order valence-electron chi connectivity index (χ1n) is 31.7. The molecule has 0 aliphatic rings. The molecule has 0 aromatic heterocycles. The zero-order valence-corrected chi connectivity index (χ0v) is 49.9. The molecule has 0 aromatic carbocycles. The van der Waals surface area contributed by atoms with Crippen molar-refractivity contribution in [3.8, 4) is 0 Å². The second-order valence-corrected chi connectivity index (χ2v) is 20.6. The molecule has 6 heteroatoms. The van der Waals surface area contributed by atoms with Crippen molar-refractivity contribution in [2.24, 2.45) is 0 Å². The molecule has 0 saturated heterocycles. The average Bonchev–Trinajstić information content (AvgIpc) is 3.43. The fourth-order valence-electron chi connectivity index (χ4n) is 8.35. The lowest BCUT2D eigenvalue weighted by molar-refractivity contribution is -0.167. The summed E-state index contributed by atoms with van der Waals surface area (Å²) >= 11 is 0. The van der Waals surface area contributed by atoms with Crippen molar-refractivity contribution in [1.29, 1.82) is 0 Å². The van der Waals surface area contributed by atoms with E-state index in [0.29, 0.717) is 19.3 Å².